The van der Waals surface area contributed by atoms with Crippen LogP contribution < -0.4 is 0 Å². The molecule has 1 fully saturated rings. The summed E-state index contributed by atoms with van der Waals surface area (Å²) in [4.78, 5) is 14.3. The van der Waals surface area contributed by atoms with Crippen molar-refractivity contribution >= 4 is 5.91 Å². The van der Waals surface area contributed by atoms with Gasteiger partial charge in [0.15, 0.2) is 0 Å². The van der Waals surface area contributed by atoms with Gasteiger partial charge in [-0.2, -0.15) is 5.10 Å². The second kappa shape index (κ2) is 5.35. The van der Waals surface area contributed by atoms with E-state index in [0.717, 1.165) is 36.5 Å². The first-order chi connectivity index (χ1) is 10.1. The molecule has 0 unspecified atom stereocenters. The number of aryl methyl sites for hydroxylation is 2. The van der Waals surface area contributed by atoms with Crippen molar-refractivity contribution in [1.29, 1.82) is 0 Å². The molecule has 2 aromatic rings. The van der Waals surface area contributed by atoms with Crippen LogP contribution in [0.5, 0.6) is 0 Å². The fourth-order valence-corrected chi connectivity index (χ4v) is 2.70. The van der Waals surface area contributed by atoms with Crippen molar-refractivity contribution in [3.63, 3.8) is 0 Å². The standard InChI is InChI=1S/C17H21N3O/c1-12-5-7-15(8-6-12)11-20-14(3)16(13(2)18-20)17(21)19-9-4-10-19/h5-8H,4,9-11H2,1-3H3. The van der Waals surface area contributed by atoms with E-state index >= 15 is 0 Å². The number of carbonyl (C=O) groups is 1. The molecule has 0 N–H and O–H groups in total. The Hall–Kier alpha value is -2.10. The quantitative estimate of drug-likeness (QED) is 0.868. The highest BCUT2D eigenvalue weighted by atomic mass is 16.2. The Kier molecular flexibility index (Phi) is 3.53. The van der Waals surface area contributed by atoms with Crippen LogP contribution >= 0.6 is 0 Å². The highest BCUT2D eigenvalue weighted by Gasteiger charge is 2.27. The molecule has 1 amide bonds. The van der Waals surface area contributed by atoms with Crippen molar-refractivity contribution in [2.45, 2.75) is 33.7 Å². The summed E-state index contributed by atoms with van der Waals surface area (Å²) in [6.07, 6.45) is 1.11. The lowest BCUT2D eigenvalue weighted by atomic mass is 10.1. The van der Waals surface area contributed by atoms with Crippen LogP contribution in [0.25, 0.3) is 0 Å². The molecule has 1 aromatic heterocycles. The molecule has 4 heteroatoms. The van der Waals surface area contributed by atoms with Crippen molar-refractivity contribution < 1.29 is 4.79 Å². The Morgan fingerprint density at radius 2 is 1.81 bits per heavy atom. The first-order valence-corrected chi connectivity index (χ1v) is 7.45. The fourth-order valence-electron chi connectivity index (χ4n) is 2.70. The molecule has 0 atom stereocenters. The average Bonchev–Trinajstić information content (AvgIpc) is 2.65. The molecule has 0 aliphatic carbocycles. The molecule has 1 saturated heterocycles. The molecule has 3 rings (SSSR count). The second-order valence-electron chi connectivity index (χ2n) is 5.83. The topological polar surface area (TPSA) is 38.1 Å². The molecule has 2 heterocycles. The van der Waals surface area contributed by atoms with Gasteiger partial charge in [0.1, 0.15) is 0 Å². The summed E-state index contributed by atoms with van der Waals surface area (Å²) >= 11 is 0. The van der Waals surface area contributed by atoms with Crippen LogP contribution in [-0.4, -0.2) is 33.7 Å². The molecule has 110 valence electrons. The summed E-state index contributed by atoms with van der Waals surface area (Å²) in [5.74, 6) is 0.131. The number of amides is 1. The molecule has 0 bridgehead atoms. The number of likely N-dealkylation sites (tertiary alicyclic amines) is 1. The molecular weight excluding hydrogens is 262 g/mol. The smallest absolute Gasteiger partial charge is 0.257 e. The van der Waals surface area contributed by atoms with Gasteiger partial charge in [-0.15, -0.1) is 0 Å². The van der Waals surface area contributed by atoms with E-state index in [9.17, 15) is 4.79 Å². The van der Waals surface area contributed by atoms with Gasteiger partial charge in [-0.1, -0.05) is 29.8 Å². The molecule has 21 heavy (non-hydrogen) atoms. The number of aromatic nitrogens is 2. The predicted molar refractivity (Wildman–Crippen MR) is 82.5 cm³/mol. The number of rotatable bonds is 3. The number of nitrogens with zero attached hydrogens (tertiary/aromatic N) is 3. The lowest BCUT2D eigenvalue weighted by molar-refractivity contribution is 0.0650. The molecule has 0 radical (unpaired) electrons. The number of hydrogen-bond donors (Lipinski definition) is 0. The van der Waals surface area contributed by atoms with Crippen LogP contribution in [-0.2, 0) is 6.54 Å². The third-order valence-electron chi connectivity index (χ3n) is 4.19. The molecule has 1 aromatic carbocycles. The largest absolute Gasteiger partial charge is 0.338 e. The van der Waals surface area contributed by atoms with E-state index < -0.39 is 0 Å². The maximum absolute atomic E-state index is 12.5. The second-order valence-corrected chi connectivity index (χ2v) is 5.83. The zero-order valence-electron chi connectivity index (χ0n) is 12.9. The maximum atomic E-state index is 12.5. The fraction of sp³-hybridized carbons (Fsp3) is 0.412. The van der Waals surface area contributed by atoms with E-state index in [4.69, 9.17) is 0 Å². The summed E-state index contributed by atoms with van der Waals surface area (Å²) in [7, 11) is 0. The van der Waals surface area contributed by atoms with Gasteiger partial charge in [0, 0.05) is 18.8 Å². The monoisotopic (exact) mass is 283 g/mol. The summed E-state index contributed by atoms with van der Waals surface area (Å²) < 4.78 is 1.94. The molecule has 1 aliphatic heterocycles. The van der Waals surface area contributed by atoms with Gasteiger partial charge in [0.2, 0.25) is 0 Å². The number of benzene rings is 1. The van der Waals surface area contributed by atoms with Crippen LogP contribution in [0.2, 0.25) is 0 Å². The van der Waals surface area contributed by atoms with Crippen LogP contribution in [0.15, 0.2) is 24.3 Å². The minimum atomic E-state index is 0.131. The van der Waals surface area contributed by atoms with E-state index in [0.29, 0.717) is 6.54 Å². The Morgan fingerprint density at radius 1 is 1.14 bits per heavy atom. The van der Waals surface area contributed by atoms with Crippen molar-refractivity contribution in [1.82, 2.24) is 14.7 Å². The van der Waals surface area contributed by atoms with E-state index in [1.165, 1.54) is 11.1 Å². The number of hydrogen-bond acceptors (Lipinski definition) is 2. The van der Waals surface area contributed by atoms with E-state index in [2.05, 4.69) is 36.3 Å². The summed E-state index contributed by atoms with van der Waals surface area (Å²) in [6.45, 7) is 8.45. The van der Waals surface area contributed by atoms with Crippen molar-refractivity contribution in [2.24, 2.45) is 0 Å². The zero-order valence-corrected chi connectivity index (χ0v) is 12.9. The summed E-state index contributed by atoms with van der Waals surface area (Å²) in [6, 6.07) is 8.44. The van der Waals surface area contributed by atoms with Crippen molar-refractivity contribution in [3.05, 3.63) is 52.3 Å². The predicted octanol–water partition coefficient (Wildman–Crippen LogP) is 2.70. The van der Waals surface area contributed by atoms with Gasteiger partial charge in [-0.05, 0) is 32.8 Å². The normalized spacial score (nSPS) is 14.1. The van der Waals surface area contributed by atoms with E-state index in [1.54, 1.807) is 0 Å². The summed E-state index contributed by atoms with van der Waals surface area (Å²) in [5, 5.41) is 4.56. The van der Waals surface area contributed by atoms with Gasteiger partial charge < -0.3 is 4.90 Å². The van der Waals surface area contributed by atoms with Gasteiger partial charge >= 0.3 is 0 Å². The third kappa shape index (κ3) is 2.58. The Bertz CT molecular complexity index is 666. The Labute approximate surface area is 125 Å². The van der Waals surface area contributed by atoms with Crippen LogP contribution in [0, 0.1) is 20.8 Å². The molecular formula is C17H21N3O. The molecule has 0 saturated carbocycles. The van der Waals surface area contributed by atoms with Gasteiger partial charge in [0.05, 0.1) is 17.8 Å². The SMILES string of the molecule is Cc1ccc(Cn2nc(C)c(C(=O)N3CCC3)c2C)cc1. The summed E-state index contributed by atoms with van der Waals surface area (Å²) in [5.41, 5.74) is 5.03. The van der Waals surface area contributed by atoms with Crippen LogP contribution in [0.3, 0.4) is 0 Å². The third-order valence-corrected chi connectivity index (χ3v) is 4.19. The molecule has 0 spiro atoms. The van der Waals surface area contributed by atoms with Gasteiger partial charge in [0.25, 0.3) is 5.91 Å². The Balaban J connectivity index is 1.86. The first-order valence-electron chi connectivity index (χ1n) is 7.45. The number of carbonyl (C=O) groups excluding carboxylic acids is 1. The lowest BCUT2D eigenvalue weighted by Crippen LogP contribution is -2.42. The minimum Gasteiger partial charge on any atom is -0.338 e. The molecule has 4 nitrogen and oxygen atoms in total. The van der Waals surface area contributed by atoms with Crippen molar-refractivity contribution in [3.8, 4) is 0 Å². The highest BCUT2D eigenvalue weighted by Crippen LogP contribution is 2.20. The zero-order chi connectivity index (χ0) is 15.0. The maximum Gasteiger partial charge on any atom is 0.257 e. The van der Waals surface area contributed by atoms with Crippen molar-refractivity contribution in [2.75, 3.05) is 13.1 Å². The minimum absolute atomic E-state index is 0.131. The van der Waals surface area contributed by atoms with Gasteiger partial charge in [-0.25, -0.2) is 0 Å². The van der Waals surface area contributed by atoms with E-state index in [1.807, 2.05) is 23.4 Å². The first kappa shape index (κ1) is 13.9. The van der Waals surface area contributed by atoms with Gasteiger partial charge in [-0.3, -0.25) is 9.48 Å². The molecule has 1 aliphatic rings. The highest BCUT2D eigenvalue weighted by molar-refractivity contribution is 5.96. The van der Waals surface area contributed by atoms with Crippen LogP contribution in [0.4, 0.5) is 0 Å². The Morgan fingerprint density at radius 3 is 2.38 bits per heavy atom. The lowest BCUT2D eigenvalue weighted by Gasteiger charge is -2.30. The van der Waals surface area contributed by atoms with E-state index in [-0.39, 0.29) is 5.91 Å². The average molecular weight is 283 g/mol. The van der Waals surface area contributed by atoms with Crippen LogP contribution in [0.1, 0.15) is 39.3 Å².